The van der Waals surface area contributed by atoms with Gasteiger partial charge >= 0.3 is 0 Å². The van der Waals surface area contributed by atoms with E-state index in [9.17, 15) is 9.59 Å². The number of hydrazone groups is 1. The molecule has 2 amide bonds. The summed E-state index contributed by atoms with van der Waals surface area (Å²) in [6.45, 7) is 0.473. The number of aryl methyl sites for hydroxylation is 1. The van der Waals surface area contributed by atoms with E-state index in [0.29, 0.717) is 19.6 Å². The first-order chi connectivity index (χ1) is 14.5. The summed E-state index contributed by atoms with van der Waals surface area (Å²) in [7, 11) is 4.97. The van der Waals surface area contributed by atoms with Crippen molar-refractivity contribution in [1.29, 1.82) is 0 Å². The molecule has 1 unspecified atom stereocenters. The van der Waals surface area contributed by atoms with Gasteiger partial charge in [0.15, 0.2) is 0 Å². The minimum absolute atomic E-state index is 0.0845. The highest BCUT2D eigenvalue weighted by atomic mass is 16.5. The zero-order chi connectivity index (χ0) is 21.5. The minimum Gasteiger partial charge on any atom is -0.383 e. The zero-order valence-electron chi connectivity index (χ0n) is 17.7. The van der Waals surface area contributed by atoms with Crippen LogP contribution in [-0.2, 0) is 26.1 Å². The molecule has 160 valence electrons. The summed E-state index contributed by atoms with van der Waals surface area (Å²) < 4.78 is 12.0. The molecule has 3 rings (SSSR count). The smallest absolute Gasteiger partial charge is 0.262 e. The molecule has 0 saturated carbocycles. The third-order valence-corrected chi connectivity index (χ3v) is 5.10. The molecule has 1 aromatic heterocycles. The molecule has 8 nitrogen and oxygen atoms in total. The summed E-state index contributed by atoms with van der Waals surface area (Å²) in [6, 6.07) is 13.6. The molecule has 8 heteroatoms. The van der Waals surface area contributed by atoms with Crippen molar-refractivity contribution >= 4 is 17.5 Å². The molecule has 0 spiro atoms. The molecule has 0 N–H and O–H groups in total. The first kappa shape index (κ1) is 21.7. The highest BCUT2D eigenvalue weighted by Gasteiger charge is 2.34. The number of benzene rings is 1. The van der Waals surface area contributed by atoms with E-state index in [4.69, 9.17) is 9.47 Å². The van der Waals surface area contributed by atoms with Crippen molar-refractivity contribution in [3.8, 4) is 0 Å². The summed E-state index contributed by atoms with van der Waals surface area (Å²) in [5.41, 5.74) is 2.82. The second-order valence-electron chi connectivity index (χ2n) is 7.16. The minimum atomic E-state index is -0.259. The molecule has 0 aliphatic carbocycles. The van der Waals surface area contributed by atoms with Gasteiger partial charge in [0.2, 0.25) is 5.91 Å². The SMILES string of the molecule is COCCN(CC(=O)N1N=C(c2cccn2C)CC1c1ccccc1)C(=O)COC. The van der Waals surface area contributed by atoms with Crippen LogP contribution in [0, 0.1) is 0 Å². The van der Waals surface area contributed by atoms with Gasteiger partial charge in [0.05, 0.1) is 24.1 Å². The number of carbonyl (C=O) groups excluding carboxylic acids is 2. The normalized spacial score (nSPS) is 15.9. The Bertz CT molecular complexity index is 894. The van der Waals surface area contributed by atoms with Crippen LogP contribution in [0.15, 0.2) is 53.8 Å². The second kappa shape index (κ2) is 10.2. The Morgan fingerprint density at radius 2 is 1.90 bits per heavy atom. The van der Waals surface area contributed by atoms with Crippen LogP contribution in [0.3, 0.4) is 0 Å². The molecule has 1 aromatic carbocycles. The lowest BCUT2D eigenvalue weighted by Crippen LogP contribution is -2.44. The fourth-order valence-corrected chi connectivity index (χ4v) is 3.53. The maximum atomic E-state index is 13.2. The molecule has 2 heterocycles. The molecule has 0 saturated heterocycles. The highest BCUT2D eigenvalue weighted by Crippen LogP contribution is 2.32. The largest absolute Gasteiger partial charge is 0.383 e. The maximum absolute atomic E-state index is 13.2. The van der Waals surface area contributed by atoms with E-state index in [1.54, 1.807) is 7.11 Å². The quantitative estimate of drug-likeness (QED) is 0.630. The van der Waals surface area contributed by atoms with Crippen LogP contribution in [0.25, 0.3) is 0 Å². The van der Waals surface area contributed by atoms with Crippen LogP contribution < -0.4 is 0 Å². The molecule has 30 heavy (non-hydrogen) atoms. The Morgan fingerprint density at radius 3 is 2.53 bits per heavy atom. The van der Waals surface area contributed by atoms with E-state index in [1.165, 1.54) is 17.0 Å². The van der Waals surface area contributed by atoms with E-state index in [2.05, 4.69) is 5.10 Å². The van der Waals surface area contributed by atoms with Gasteiger partial charge < -0.3 is 18.9 Å². The number of rotatable bonds is 9. The fourth-order valence-electron chi connectivity index (χ4n) is 3.53. The van der Waals surface area contributed by atoms with Gasteiger partial charge in [-0.3, -0.25) is 9.59 Å². The summed E-state index contributed by atoms with van der Waals surface area (Å²) >= 11 is 0. The first-order valence-corrected chi connectivity index (χ1v) is 9.87. The summed E-state index contributed by atoms with van der Waals surface area (Å²) in [5.74, 6) is -0.501. The van der Waals surface area contributed by atoms with Crippen LogP contribution in [0.2, 0.25) is 0 Å². The van der Waals surface area contributed by atoms with Gasteiger partial charge in [-0.25, -0.2) is 5.01 Å². The number of aromatic nitrogens is 1. The average molecular weight is 412 g/mol. The van der Waals surface area contributed by atoms with Gasteiger partial charge in [-0.15, -0.1) is 0 Å². The molecule has 1 aliphatic heterocycles. The molecule has 0 bridgehead atoms. The monoisotopic (exact) mass is 412 g/mol. The van der Waals surface area contributed by atoms with Crippen molar-refractivity contribution in [2.45, 2.75) is 12.5 Å². The van der Waals surface area contributed by atoms with Crippen LogP contribution >= 0.6 is 0 Å². The Hall–Kier alpha value is -2.97. The fraction of sp³-hybridized carbons (Fsp3) is 0.409. The van der Waals surface area contributed by atoms with Gasteiger partial charge in [0.25, 0.3) is 5.91 Å². The van der Waals surface area contributed by atoms with Gasteiger partial charge in [0.1, 0.15) is 13.2 Å². The molecule has 0 radical (unpaired) electrons. The van der Waals surface area contributed by atoms with Crippen molar-refractivity contribution in [1.82, 2.24) is 14.5 Å². The lowest BCUT2D eigenvalue weighted by molar-refractivity contribution is -0.144. The lowest BCUT2D eigenvalue weighted by atomic mass is 10.0. The van der Waals surface area contributed by atoms with Crippen molar-refractivity contribution in [3.05, 3.63) is 59.9 Å². The maximum Gasteiger partial charge on any atom is 0.262 e. The molecule has 1 atom stereocenters. The van der Waals surface area contributed by atoms with E-state index in [0.717, 1.165) is 17.0 Å². The molecule has 0 fully saturated rings. The Morgan fingerprint density at radius 1 is 1.13 bits per heavy atom. The Kier molecular flexibility index (Phi) is 7.37. The predicted octanol–water partition coefficient (Wildman–Crippen LogP) is 1.82. The van der Waals surface area contributed by atoms with Gasteiger partial charge in [-0.1, -0.05) is 30.3 Å². The van der Waals surface area contributed by atoms with Crippen molar-refractivity contribution in [2.24, 2.45) is 12.1 Å². The predicted molar refractivity (Wildman–Crippen MR) is 113 cm³/mol. The molecular formula is C22H28N4O4. The Balaban J connectivity index is 1.85. The molecular weight excluding hydrogens is 384 g/mol. The zero-order valence-corrected chi connectivity index (χ0v) is 17.7. The van der Waals surface area contributed by atoms with Gasteiger partial charge in [-0.2, -0.15) is 5.10 Å². The number of nitrogens with zero attached hydrogens (tertiary/aromatic N) is 4. The number of ether oxygens (including phenoxy) is 2. The van der Waals surface area contributed by atoms with Crippen LogP contribution in [0.1, 0.15) is 23.7 Å². The van der Waals surface area contributed by atoms with Gasteiger partial charge in [0, 0.05) is 40.4 Å². The molecule has 1 aliphatic rings. The number of methoxy groups -OCH3 is 2. The standard InChI is InChI=1S/C22H28N4O4/c1-24-11-7-10-19(24)18-14-20(17-8-5-4-6-9-17)26(23-18)21(27)15-25(12-13-29-2)22(28)16-30-3/h4-11,20H,12-16H2,1-3H3. The topological polar surface area (TPSA) is 76.4 Å². The van der Waals surface area contributed by atoms with Crippen LogP contribution in [0.4, 0.5) is 0 Å². The van der Waals surface area contributed by atoms with Crippen molar-refractivity contribution in [2.75, 3.05) is 40.5 Å². The second-order valence-corrected chi connectivity index (χ2v) is 7.16. The van der Waals surface area contributed by atoms with E-state index < -0.39 is 0 Å². The summed E-state index contributed by atoms with van der Waals surface area (Å²) in [5, 5.41) is 6.18. The third kappa shape index (κ3) is 4.95. The number of amides is 2. The van der Waals surface area contributed by atoms with Crippen LogP contribution in [-0.4, -0.2) is 72.5 Å². The molecule has 2 aromatic rings. The van der Waals surface area contributed by atoms with Crippen molar-refractivity contribution < 1.29 is 19.1 Å². The Labute approximate surface area is 176 Å². The van der Waals surface area contributed by atoms with E-state index >= 15 is 0 Å². The lowest BCUT2D eigenvalue weighted by Gasteiger charge is -2.26. The summed E-state index contributed by atoms with van der Waals surface area (Å²) in [4.78, 5) is 27.1. The average Bonchev–Trinajstić information content (AvgIpc) is 3.38. The first-order valence-electron chi connectivity index (χ1n) is 9.87. The number of hydrogen-bond donors (Lipinski definition) is 0. The van der Waals surface area contributed by atoms with Crippen molar-refractivity contribution in [3.63, 3.8) is 0 Å². The highest BCUT2D eigenvalue weighted by molar-refractivity contribution is 6.02. The summed E-state index contributed by atoms with van der Waals surface area (Å²) in [6.07, 6.45) is 2.56. The van der Waals surface area contributed by atoms with Crippen LogP contribution in [0.5, 0.6) is 0 Å². The number of carbonyl (C=O) groups is 2. The van der Waals surface area contributed by atoms with E-state index in [-0.39, 0.29) is 31.0 Å². The van der Waals surface area contributed by atoms with Gasteiger partial charge in [-0.05, 0) is 17.7 Å². The van der Waals surface area contributed by atoms with E-state index in [1.807, 2.05) is 60.3 Å². The number of hydrogen-bond acceptors (Lipinski definition) is 5. The third-order valence-electron chi connectivity index (χ3n) is 5.10.